The van der Waals surface area contributed by atoms with Crippen molar-refractivity contribution in [3.05, 3.63) is 29.8 Å². The van der Waals surface area contributed by atoms with E-state index < -0.39 is 5.54 Å². The Balaban J connectivity index is 2.35. The van der Waals surface area contributed by atoms with Crippen molar-refractivity contribution in [3.63, 3.8) is 0 Å². The van der Waals surface area contributed by atoms with Gasteiger partial charge in [0.1, 0.15) is 11.3 Å². The molecule has 4 heteroatoms. The van der Waals surface area contributed by atoms with Gasteiger partial charge in [0.05, 0.1) is 19.3 Å². The average Bonchev–Trinajstić information content (AvgIpc) is 2.43. The van der Waals surface area contributed by atoms with E-state index in [4.69, 9.17) is 9.84 Å². The summed E-state index contributed by atoms with van der Waals surface area (Å²) in [5, 5.41) is 21.5. The summed E-state index contributed by atoms with van der Waals surface area (Å²) < 4.78 is 5.63. The third kappa shape index (κ3) is 5.60. The minimum atomic E-state index is -0.502. The molecule has 110 valence electrons. The second kappa shape index (κ2) is 7.88. The Morgan fingerprint density at radius 1 is 1.35 bits per heavy atom. The van der Waals surface area contributed by atoms with E-state index in [0.717, 1.165) is 24.2 Å². The molecule has 1 aromatic carbocycles. The summed E-state index contributed by atoms with van der Waals surface area (Å²) in [6.45, 7) is 6.61. The Labute approximate surface area is 121 Å². The van der Waals surface area contributed by atoms with Gasteiger partial charge in [0.2, 0.25) is 0 Å². The third-order valence-corrected chi connectivity index (χ3v) is 3.05. The molecule has 1 rings (SSSR count). The minimum absolute atomic E-state index is 0.0433. The molecule has 2 N–H and O–H groups in total. The number of hydrogen-bond acceptors (Lipinski definition) is 4. The van der Waals surface area contributed by atoms with Crippen LogP contribution in [0.25, 0.3) is 0 Å². The van der Waals surface area contributed by atoms with Crippen molar-refractivity contribution in [2.24, 2.45) is 0 Å². The van der Waals surface area contributed by atoms with Gasteiger partial charge >= 0.3 is 0 Å². The monoisotopic (exact) mass is 276 g/mol. The normalized spacial score (nSPS) is 13.8. The molecule has 1 atom stereocenters. The Kier molecular flexibility index (Phi) is 6.50. The molecule has 0 saturated heterocycles. The summed E-state index contributed by atoms with van der Waals surface area (Å²) in [5.41, 5.74) is 0.369. The van der Waals surface area contributed by atoms with Crippen LogP contribution in [0.2, 0.25) is 0 Å². The number of nitrogens with zero attached hydrogens (tertiary/aromatic N) is 1. The summed E-state index contributed by atoms with van der Waals surface area (Å²) in [5.74, 6) is 0.790. The molecule has 1 aromatic rings. The van der Waals surface area contributed by atoms with Crippen LogP contribution in [0.3, 0.4) is 0 Å². The highest BCUT2D eigenvalue weighted by molar-refractivity contribution is 5.26. The number of aliphatic hydroxyl groups is 1. The fourth-order valence-electron chi connectivity index (χ4n) is 2.10. The third-order valence-electron chi connectivity index (χ3n) is 3.05. The standard InChI is InChI=1S/C16H24N2O2/c1-13(2)18-16(3,12-17)9-4-10-20-15-7-5-14(11-19)6-8-15/h5-8,13,18-19H,4,9-11H2,1-3H3. The van der Waals surface area contributed by atoms with Crippen LogP contribution < -0.4 is 10.1 Å². The van der Waals surface area contributed by atoms with Crippen LogP contribution >= 0.6 is 0 Å². The molecule has 0 heterocycles. The number of hydrogen-bond donors (Lipinski definition) is 2. The van der Waals surface area contributed by atoms with Crippen molar-refractivity contribution in [1.29, 1.82) is 5.26 Å². The Hall–Kier alpha value is -1.57. The van der Waals surface area contributed by atoms with Gasteiger partial charge in [-0.2, -0.15) is 5.26 Å². The first-order valence-corrected chi connectivity index (χ1v) is 7.00. The van der Waals surface area contributed by atoms with Crippen LogP contribution in [0.5, 0.6) is 5.75 Å². The number of aliphatic hydroxyl groups excluding tert-OH is 1. The van der Waals surface area contributed by atoms with E-state index in [0.29, 0.717) is 6.61 Å². The Morgan fingerprint density at radius 2 is 2.00 bits per heavy atom. The topological polar surface area (TPSA) is 65.3 Å². The molecule has 0 aromatic heterocycles. The summed E-state index contributed by atoms with van der Waals surface area (Å²) in [4.78, 5) is 0. The van der Waals surface area contributed by atoms with E-state index in [1.54, 1.807) is 0 Å². The number of benzene rings is 1. The van der Waals surface area contributed by atoms with Crippen molar-refractivity contribution in [2.45, 2.75) is 51.8 Å². The van der Waals surface area contributed by atoms with E-state index in [-0.39, 0.29) is 12.6 Å². The molecule has 0 bridgehead atoms. The zero-order chi connectivity index (χ0) is 15.0. The van der Waals surface area contributed by atoms with Crippen molar-refractivity contribution < 1.29 is 9.84 Å². The molecule has 0 spiro atoms. The van der Waals surface area contributed by atoms with Gasteiger partial charge in [-0.25, -0.2) is 0 Å². The molecule has 0 aliphatic carbocycles. The smallest absolute Gasteiger partial charge is 0.119 e. The van der Waals surface area contributed by atoms with E-state index in [9.17, 15) is 5.26 Å². The van der Waals surface area contributed by atoms with Crippen LogP contribution in [-0.4, -0.2) is 23.3 Å². The predicted molar refractivity (Wildman–Crippen MR) is 79.4 cm³/mol. The molecule has 0 fully saturated rings. The number of nitriles is 1. The van der Waals surface area contributed by atoms with E-state index in [1.807, 2.05) is 45.0 Å². The van der Waals surface area contributed by atoms with Crippen LogP contribution in [0.4, 0.5) is 0 Å². The predicted octanol–water partition coefficient (Wildman–Crippen LogP) is 2.62. The summed E-state index contributed by atoms with van der Waals surface area (Å²) in [6, 6.07) is 9.99. The maximum absolute atomic E-state index is 9.23. The van der Waals surface area contributed by atoms with Crippen LogP contribution in [0.1, 0.15) is 39.2 Å². The van der Waals surface area contributed by atoms with E-state index in [2.05, 4.69) is 11.4 Å². The molecule has 20 heavy (non-hydrogen) atoms. The van der Waals surface area contributed by atoms with Crippen molar-refractivity contribution in [2.75, 3.05) is 6.61 Å². The Morgan fingerprint density at radius 3 is 2.50 bits per heavy atom. The average molecular weight is 276 g/mol. The highest BCUT2D eigenvalue weighted by Gasteiger charge is 2.23. The number of rotatable bonds is 8. The SMILES string of the molecule is CC(C)NC(C)(C#N)CCCOc1ccc(CO)cc1. The highest BCUT2D eigenvalue weighted by atomic mass is 16.5. The zero-order valence-electron chi connectivity index (χ0n) is 12.5. The second-order valence-electron chi connectivity index (χ2n) is 5.50. The number of nitrogens with one attached hydrogen (secondary N) is 1. The Bertz CT molecular complexity index is 437. The van der Waals surface area contributed by atoms with E-state index in [1.165, 1.54) is 0 Å². The van der Waals surface area contributed by atoms with Gasteiger partial charge in [-0.3, -0.25) is 5.32 Å². The van der Waals surface area contributed by atoms with Crippen molar-refractivity contribution in [3.8, 4) is 11.8 Å². The second-order valence-corrected chi connectivity index (χ2v) is 5.50. The summed E-state index contributed by atoms with van der Waals surface area (Å²) in [6.07, 6.45) is 1.56. The van der Waals surface area contributed by atoms with Gasteiger partial charge in [-0.05, 0) is 51.3 Å². The summed E-state index contributed by atoms with van der Waals surface area (Å²) >= 11 is 0. The first kappa shape index (κ1) is 16.5. The molecule has 0 saturated carbocycles. The lowest BCUT2D eigenvalue weighted by Gasteiger charge is -2.25. The van der Waals surface area contributed by atoms with Gasteiger partial charge in [0, 0.05) is 6.04 Å². The molecular formula is C16H24N2O2. The van der Waals surface area contributed by atoms with Crippen molar-refractivity contribution in [1.82, 2.24) is 5.32 Å². The minimum Gasteiger partial charge on any atom is -0.494 e. The fraction of sp³-hybridized carbons (Fsp3) is 0.562. The molecule has 0 aliphatic rings. The molecule has 0 radical (unpaired) electrons. The van der Waals surface area contributed by atoms with Gasteiger partial charge in [-0.1, -0.05) is 12.1 Å². The van der Waals surface area contributed by atoms with Gasteiger partial charge in [-0.15, -0.1) is 0 Å². The molecule has 4 nitrogen and oxygen atoms in total. The van der Waals surface area contributed by atoms with Gasteiger partial charge < -0.3 is 9.84 Å². The lowest BCUT2D eigenvalue weighted by Crippen LogP contribution is -2.45. The summed E-state index contributed by atoms with van der Waals surface area (Å²) in [7, 11) is 0. The van der Waals surface area contributed by atoms with Gasteiger partial charge in [0.25, 0.3) is 0 Å². The fourth-order valence-corrected chi connectivity index (χ4v) is 2.10. The molecule has 0 amide bonds. The molecule has 0 aliphatic heterocycles. The lowest BCUT2D eigenvalue weighted by molar-refractivity contribution is 0.276. The largest absolute Gasteiger partial charge is 0.494 e. The molecular weight excluding hydrogens is 252 g/mol. The zero-order valence-corrected chi connectivity index (χ0v) is 12.5. The number of ether oxygens (including phenoxy) is 1. The van der Waals surface area contributed by atoms with Crippen LogP contribution in [0.15, 0.2) is 24.3 Å². The highest BCUT2D eigenvalue weighted by Crippen LogP contribution is 2.15. The maximum atomic E-state index is 9.23. The lowest BCUT2D eigenvalue weighted by atomic mass is 9.97. The first-order chi connectivity index (χ1) is 9.49. The molecule has 1 unspecified atom stereocenters. The van der Waals surface area contributed by atoms with Crippen LogP contribution in [0, 0.1) is 11.3 Å². The van der Waals surface area contributed by atoms with Gasteiger partial charge in [0.15, 0.2) is 0 Å². The quantitative estimate of drug-likeness (QED) is 0.716. The van der Waals surface area contributed by atoms with E-state index >= 15 is 0 Å². The maximum Gasteiger partial charge on any atom is 0.119 e. The first-order valence-electron chi connectivity index (χ1n) is 7.00. The van der Waals surface area contributed by atoms with Crippen LogP contribution in [-0.2, 0) is 6.61 Å². The van der Waals surface area contributed by atoms with Crippen molar-refractivity contribution >= 4 is 0 Å².